The van der Waals surface area contributed by atoms with Crippen molar-refractivity contribution in [2.45, 2.75) is 6.42 Å². The number of fused-ring (bicyclic) bond motifs is 1. The van der Waals surface area contributed by atoms with Gasteiger partial charge in [-0.15, -0.1) is 0 Å². The van der Waals surface area contributed by atoms with E-state index in [0.717, 1.165) is 45.3 Å². The van der Waals surface area contributed by atoms with Gasteiger partial charge in [-0.1, -0.05) is 5.16 Å². The van der Waals surface area contributed by atoms with Gasteiger partial charge in [0.2, 0.25) is 0 Å². The van der Waals surface area contributed by atoms with Gasteiger partial charge in [-0.2, -0.15) is 4.98 Å². The molecule has 0 radical (unpaired) electrons. The second-order valence-electron chi connectivity index (χ2n) is 6.33. The lowest BCUT2D eigenvalue weighted by Gasteiger charge is -2.26. The number of nitrogens with one attached hydrogen (secondary N) is 1. The molecule has 1 aliphatic rings. The third-order valence-electron chi connectivity index (χ3n) is 4.46. The van der Waals surface area contributed by atoms with E-state index in [0.29, 0.717) is 23.4 Å². The van der Waals surface area contributed by atoms with Gasteiger partial charge in [-0.05, 0) is 25.1 Å². The third-order valence-corrected chi connectivity index (χ3v) is 4.46. The first-order chi connectivity index (χ1) is 13.2. The summed E-state index contributed by atoms with van der Waals surface area (Å²) in [5.41, 5.74) is 0.845. The van der Waals surface area contributed by atoms with Gasteiger partial charge < -0.3 is 14.6 Å². The minimum atomic E-state index is -0.682. The summed E-state index contributed by atoms with van der Waals surface area (Å²) in [6.45, 7) is 5.07. The van der Waals surface area contributed by atoms with Crippen LogP contribution >= 0.6 is 0 Å². The molecule has 0 unspecified atom stereocenters. The van der Waals surface area contributed by atoms with Gasteiger partial charge in [0.1, 0.15) is 34.9 Å². The van der Waals surface area contributed by atoms with Crippen molar-refractivity contribution in [2.75, 3.05) is 44.7 Å². The Morgan fingerprint density at radius 2 is 1.85 bits per heavy atom. The molecular formula is C18H19F2N5O2. The largest absolute Gasteiger partial charge is 0.379 e. The molecule has 2 aromatic heterocycles. The molecule has 4 rings (SSSR count). The van der Waals surface area contributed by atoms with Crippen molar-refractivity contribution in [1.82, 2.24) is 20.0 Å². The number of ether oxygens (including phenoxy) is 1. The highest BCUT2D eigenvalue weighted by atomic mass is 19.1. The summed E-state index contributed by atoms with van der Waals surface area (Å²) in [5.74, 6) is -0.834. The van der Waals surface area contributed by atoms with E-state index in [1.165, 1.54) is 18.5 Å². The van der Waals surface area contributed by atoms with Crippen LogP contribution in [0.1, 0.15) is 6.42 Å². The summed E-state index contributed by atoms with van der Waals surface area (Å²) >= 11 is 0. The zero-order valence-electron chi connectivity index (χ0n) is 14.6. The fraction of sp³-hybridized carbons (Fsp3) is 0.389. The summed E-state index contributed by atoms with van der Waals surface area (Å²) in [6.07, 6.45) is 2.29. The van der Waals surface area contributed by atoms with E-state index in [2.05, 4.69) is 25.3 Å². The van der Waals surface area contributed by atoms with Crippen molar-refractivity contribution in [1.29, 1.82) is 0 Å². The van der Waals surface area contributed by atoms with Crippen molar-refractivity contribution >= 4 is 16.9 Å². The molecule has 0 aliphatic carbocycles. The highest BCUT2D eigenvalue weighted by Gasteiger charge is 2.18. The number of hydrogen-bond donors (Lipinski definition) is 1. The number of halogens is 2. The molecule has 9 heteroatoms. The molecule has 0 atom stereocenters. The topological polar surface area (TPSA) is 76.3 Å². The average Bonchev–Trinajstić information content (AvgIpc) is 3.10. The molecule has 7 nitrogen and oxygen atoms in total. The maximum absolute atomic E-state index is 13.6. The first-order valence-electron chi connectivity index (χ1n) is 8.81. The molecule has 1 fully saturated rings. The first-order valence-corrected chi connectivity index (χ1v) is 8.81. The van der Waals surface area contributed by atoms with Crippen LogP contribution in [0.3, 0.4) is 0 Å². The van der Waals surface area contributed by atoms with Crippen molar-refractivity contribution in [3.8, 4) is 11.3 Å². The van der Waals surface area contributed by atoms with Crippen molar-refractivity contribution in [3.05, 3.63) is 36.2 Å². The molecule has 0 spiro atoms. The van der Waals surface area contributed by atoms with Gasteiger partial charge in [-0.3, -0.25) is 4.90 Å². The maximum Gasteiger partial charge on any atom is 0.263 e. The summed E-state index contributed by atoms with van der Waals surface area (Å²) in [5, 5.41) is 7.70. The first kappa shape index (κ1) is 17.7. The fourth-order valence-electron chi connectivity index (χ4n) is 3.14. The Labute approximate surface area is 154 Å². The average molecular weight is 375 g/mol. The van der Waals surface area contributed by atoms with Crippen LogP contribution < -0.4 is 5.32 Å². The van der Waals surface area contributed by atoms with E-state index in [1.54, 1.807) is 0 Å². The van der Waals surface area contributed by atoms with Gasteiger partial charge >= 0.3 is 0 Å². The zero-order chi connectivity index (χ0) is 18.6. The highest BCUT2D eigenvalue weighted by Crippen LogP contribution is 2.31. The van der Waals surface area contributed by atoms with Gasteiger partial charge in [0.05, 0.1) is 13.2 Å². The minimum absolute atomic E-state index is 0.264. The molecule has 142 valence electrons. The summed E-state index contributed by atoms with van der Waals surface area (Å²) in [4.78, 5) is 10.6. The predicted octanol–water partition coefficient (Wildman–Crippen LogP) is 2.70. The van der Waals surface area contributed by atoms with Crippen molar-refractivity contribution in [3.63, 3.8) is 0 Å². The Morgan fingerprint density at radius 3 is 2.63 bits per heavy atom. The number of morpholine rings is 1. The van der Waals surface area contributed by atoms with E-state index in [-0.39, 0.29) is 11.3 Å². The standard InChI is InChI=1S/C18H19F2N5O2/c19-13-8-12(9-14(20)10-13)16-15-17(22-11-23-18(15)27-24-16)21-2-1-3-25-4-6-26-7-5-25/h8-11H,1-7H2,(H,21,22,23). The number of nitrogens with zero attached hydrogens (tertiary/aromatic N) is 4. The number of benzene rings is 1. The van der Waals surface area contributed by atoms with Gasteiger partial charge in [0.25, 0.3) is 5.71 Å². The SMILES string of the molecule is Fc1cc(F)cc(-c2noc3ncnc(NCCCN4CCOCC4)c23)c1. The molecule has 3 heterocycles. The van der Waals surface area contributed by atoms with Crippen LogP contribution in [0, 0.1) is 11.6 Å². The summed E-state index contributed by atoms with van der Waals surface area (Å²) in [7, 11) is 0. The molecule has 0 saturated carbocycles. The zero-order valence-corrected chi connectivity index (χ0v) is 14.6. The number of aromatic nitrogens is 3. The molecule has 0 bridgehead atoms. The van der Waals surface area contributed by atoms with E-state index in [9.17, 15) is 8.78 Å². The second-order valence-corrected chi connectivity index (χ2v) is 6.33. The van der Waals surface area contributed by atoms with Gasteiger partial charge in [0.15, 0.2) is 0 Å². The quantitative estimate of drug-likeness (QED) is 0.664. The molecular weight excluding hydrogens is 356 g/mol. The lowest BCUT2D eigenvalue weighted by molar-refractivity contribution is 0.0378. The molecule has 1 aromatic carbocycles. The van der Waals surface area contributed by atoms with E-state index < -0.39 is 11.6 Å². The lowest BCUT2D eigenvalue weighted by atomic mass is 10.1. The minimum Gasteiger partial charge on any atom is -0.379 e. The van der Waals surface area contributed by atoms with Gasteiger partial charge in [-0.25, -0.2) is 13.8 Å². The van der Waals surface area contributed by atoms with E-state index in [4.69, 9.17) is 9.26 Å². The second kappa shape index (κ2) is 7.93. The summed E-state index contributed by atoms with van der Waals surface area (Å²) in [6, 6.07) is 3.22. The van der Waals surface area contributed by atoms with Crippen LogP contribution in [-0.2, 0) is 4.74 Å². The Bertz CT molecular complexity index is 907. The van der Waals surface area contributed by atoms with Gasteiger partial charge in [0, 0.05) is 31.3 Å². The highest BCUT2D eigenvalue weighted by molar-refractivity contribution is 5.97. The van der Waals surface area contributed by atoms with E-state index in [1.807, 2.05) is 0 Å². The molecule has 1 saturated heterocycles. The lowest BCUT2D eigenvalue weighted by Crippen LogP contribution is -2.37. The van der Waals surface area contributed by atoms with Crippen molar-refractivity contribution in [2.24, 2.45) is 0 Å². The Kier molecular flexibility index (Phi) is 5.21. The molecule has 1 N–H and O–H groups in total. The fourth-order valence-corrected chi connectivity index (χ4v) is 3.14. The monoisotopic (exact) mass is 375 g/mol. The van der Waals surface area contributed by atoms with Crippen LogP contribution in [0.15, 0.2) is 29.0 Å². The van der Waals surface area contributed by atoms with Crippen LogP contribution in [-0.4, -0.2) is 59.4 Å². The predicted molar refractivity (Wildman–Crippen MR) is 95.3 cm³/mol. The summed E-state index contributed by atoms with van der Waals surface area (Å²) < 4.78 is 37.7. The van der Waals surface area contributed by atoms with Crippen LogP contribution in [0.2, 0.25) is 0 Å². The molecule has 27 heavy (non-hydrogen) atoms. The number of hydrogen-bond acceptors (Lipinski definition) is 7. The third kappa shape index (κ3) is 4.04. The van der Waals surface area contributed by atoms with E-state index >= 15 is 0 Å². The maximum atomic E-state index is 13.6. The number of rotatable bonds is 6. The van der Waals surface area contributed by atoms with Crippen LogP contribution in [0.25, 0.3) is 22.4 Å². The molecule has 3 aromatic rings. The van der Waals surface area contributed by atoms with Crippen molar-refractivity contribution < 1.29 is 18.0 Å². The molecule has 0 amide bonds. The van der Waals surface area contributed by atoms with Crippen LogP contribution in [0.4, 0.5) is 14.6 Å². The normalized spacial score (nSPS) is 15.3. The smallest absolute Gasteiger partial charge is 0.263 e. The van der Waals surface area contributed by atoms with Crippen LogP contribution in [0.5, 0.6) is 0 Å². The Morgan fingerprint density at radius 1 is 1.07 bits per heavy atom. The Balaban J connectivity index is 1.51. The Hall–Kier alpha value is -2.65. The number of anilines is 1. The molecule has 1 aliphatic heterocycles.